The summed E-state index contributed by atoms with van der Waals surface area (Å²) in [6, 6.07) is 17.7. The Kier molecular flexibility index (Phi) is 5.84. The summed E-state index contributed by atoms with van der Waals surface area (Å²) in [4.78, 5) is 17.6. The number of hydrogen-bond acceptors (Lipinski definition) is 5. The number of methoxy groups -OCH3 is 1. The Morgan fingerprint density at radius 2 is 1.74 bits per heavy atom. The number of carbonyl (C=O) groups excluding carboxylic acids is 1. The van der Waals surface area contributed by atoms with Crippen LogP contribution in [0.5, 0.6) is 5.75 Å². The number of carbonyl (C=O) groups is 1. The molecule has 7 nitrogen and oxygen atoms in total. The van der Waals surface area contributed by atoms with Crippen molar-refractivity contribution in [2.45, 2.75) is 20.0 Å². The molecule has 0 spiro atoms. The van der Waals surface area contributed by atoms with Crippen molar-refractivity contribution in [1.82, 2.24) is 20.1 Å². The van der Waals surface area contributed by atoms with E-state index in [4.69, 9.17) is 4.74 Å². The van der Waals surface area contributed by atoms with Gasteiger partial charge in [0, 0.05) is 26.3 Å². The molecular weight excluding hydrogens is 390 g/mol. The second kappa shape index (κ2) is 8.87. The van der Waals surface area contributed by atoms with Crippen LogP contribution in [0.1, 0.15) is 27.2 Å². The van der Waals surface area contributed by atoms with Gasteiger partial charge in [-0.1, -0.05) is 42.5 Å². The number of hydrogen-bond donors (Lipinski definition) is 2. The van der Waals surface area contributed by atoms with E-state index in [9.17, 15) is 4.79 Å². The molecule has 0 bridgehead atoms. The van der Waals surface area contributed by atoms with Crippen LogP contribution in [-0.2, 0) is 20.1 Å². The summed E-state index contributed by atoms with van der Waals surface area (Å²) in [5.41, 5.74) is 4.91. The summed E-state index contributed by atoms with van der Waals surface area (Å²) in [5.74, 6) is 0.591. The lowest BCUT2D eigenvalue weighted by Crippen LogP contribution is -2.24. The topological polar surface area (TPSA) is 81.1 Å². The molecule has 0 saturated heterocycles. The highest BCUT2D eigenvalue weighted by Gasteiger charge is 2.19. The van der Waals surface area contributed by atoms with Crippen molar-refractivity contribution in [2.75, 3.05) is 12.4 Å². The molecule has 1 amide bonds. The number of fused-ring (bicyclic) bond motifs is 1. The molecule has 0 fully saturated rings. The Bertz CT molecular complexity index is 1200. The minimum atomic E-state index is -0.191. The van der Waals surface area contributed by atoms with Crippen LogP contribution in [0.2, 0.25) is 0 Å². The molecule has 7 heteroatoms. The number of benzene rings is 2. The number of aromatic nitrogens is 3. The van der Waals surface area contributed by atoms with E-state index >= 15 is 0 Å². The first-order chi connectivity index (χ1) is 15.1. The molecular formula is C24H25N5O2. The smallest absolute Gasteiger partial charge is 0.255 e. The quantitative estimate of drug-likeness (QED) is 0.480. The number of nitrogens with one attached hydrogen (secondary N) is 2. The molecule has 4 rings (SSSR count). The van der Waals surface area contributed by atoms with E-state index in [1.54, 1.807) is 18.0 Å². The van der Waals surface area contributed by atoms with Gasteiger partial charge in [0.1, 0.15) is 5.75 Å². The Morgan fingerprint density at radius 1 is 1.03 bits per heavy atom. The van der Waals surface area contributed by atoms with E-state index in [0.717, 1.165) is 39.3 Å². The van der Waals surface area contributed by atoms with E-state index in [1.165, 1.54) is 0 Å². The molecule has 0 aliphatic carbocycles. The molecule has 0 unspecified atom stereocenters. The summed E-state index contributed by atoms with van der Waals surface area (Å²) in [5, 5.41) is 11.8. The second-order valence-corrected chi connectivity index (χ2v) is 7.32. The van der Waals surface area contributed by atoms with Gasteiger partial charge in [-0.3, -0.25) is 9.48 Å². The maximum Gasteiger partial charge on any atom is 0.255 e. The van der Waals surface area contributed by atoms with Gasteiger partial charge in [0.2, 0.25) is 0 Å². The average molecular weight is 415 g/mol. The predicted octanol–water partition coefficient (Wildman–Crippen LogP) is 3.83. The van der Waals surface area contributed by atoms with Crippen LogP contribution in [0.15, 0.2) is 60.8 Å². The molecule has 2 heterocycles. The summed E-state index contributed by atoms with van der Waals surface area (Å²) < 4.78 is 6.92. The fraction of sp³-hybridized carbons (Fsp3) is 0.208. The third-order valence-corrected chi connectivity index (χ3v) is 5.20. The summed E-state index contributed by atoms with van der Waals surface area (Å²) >= 11 is 0. The Hall–Kier alpha value is -3.87. The van der Waals surface area contributed by atoms with Crippen molar-refractivity contribution < 1.29 is 9.53 Å². The van der Waals surface area contributed by atoms with Crippen LogP contribution in [0.3, 0.4) is 0 Å². The highest BCUT2D eigenvalue weighted by atomic mass is 16.5. The molecule has 2 aromatic carbocycles. The first-order valence-electron chi connectivity index (χ1n) is 10.1. The van der Waals surface area contributed by atoms with Crippen LogP contribution >= 0.6 is 0 Å². The van der Waals surface area contributed by atoms with Crippen molar-refractivity contribution in [2.24, 2.45) is 7.05 Å². The maximum absolute atomic E-state index is 13.1. The van der Waals surface area contributed by atoms with E-state index in [1.807, 2.05) is 68.6 Å². The van der Waals surface area contributed by atoms with Gasteiger partial charge in [-0.25, -0.2) is 4.98 Å². The molecule has 158 valence electrons. The molecule has 0 aliphatic rings. The molecule has 0 radical (unpaired) electrons. The lowest BCUT2D eigenvalue weighted by Gasteiger charge is -2.14. The second-order valence-electron chi connectivity index (χ2n) is 7.32. The molecule has 2 aromatic heterocycles. The SMILES string of the molecule is COc1ccc(CNC(=O)c2cnc3c(c(C)nn3C)c2NCc2ccccc2)cc1. The molecule has 2 N–H and O–H groups in total. The number of nitrogens with zero attached hydrogens (tertiary/aromatic N) is 3. The van der Waals surface area contributed by atoms with Gasteiger partial charge in [0.15, 0.2) is 5.65 Å². The molecule has 31 heavy (non-hydrogen) atoms. The minimum absolute atomic E-state index is 0.191. The van der Waals surface area contributed by atoms with Crippen molar-refractivity contribution in [3.8, 4) is 5.75 Å². The van der Waals surface area contributed by atoms with Crippen molar-refractivity contribution in [1.29, 1.82) is 0 Å². The van der Waals surface area contributed by atoms with E-state index < -0.39 is 0 Å². The fourth-order valence-corrected chi connectivity index (χ4v) is 3.57. The minimum Gasteiger partial charge on any atom is -0.497 e. The van der Waals surface area contributed by atoms with Gasteiger partial charge in [-0.2, -0.15) is 5.10 Å². The normalized spacial score (nSPS) is 10.8. The van der Waals surface area contributed by atoms with Crippen LogP contribution in [-0.4, -0.2) is 27.8 Å². The van der Waals surface area contributed by atoms with Crippen LogP contribution < -0.4 is 15.4 Å². The third-order valence-electron chi connectivity index (χ3n) is 5.20. The third kappa shape index (κ3) is 4.35. The highest BCUT2D eigenvalue weighted by molar-refractivity contribution is 6.07. The van der Waals surface area contributed by atoms with Crippen molar-refractivity contribution in [3.05, 3.63) is 83.2 Å². The number of rotatable bonds is 7. The van der Waals surface area contributed by atoms with Crippen molar-refractivity contribution in [3.63, 3.8) is 0 Å². The van der Waals surface area contributed by atoms with Crippen LogP contribution in [0.25, 0.3) is 11.0 Å². The van der Waals surface area contributed by atoms with Gasteiger partial charge in [-0.15, -0.1) is 0 Å². The predicted molar refractivity (Wildman–Crippen MR) is 121 cm³/mol. The Labute approximate surface area is 181 Å². The van der Waals surface area contributed by atoms with Crippen molar-refractivity contribution >= 4 is 22.6 Å². The zero-order valence-electron chi connectivity index (χ0n) is 17.8. The van der Waals surface area contributed by atoms with Gasteiger partial charge in [-0.05, 0) is 30.2 Å². The molecule has 0 aliphatic heterocycles. The van der Waals surface area contributed by atoms with Gasteiger partial charge in [0.05, 0.1) is 29.4 Å². The van der Waals surface area contributed by atoms with Gasteiger partial charge >= 0.3 is 0 Å². The van der Waals surface area contributed by atoms with Gasteiger partial charge in [0.25, 0.3) is 5.91 Å². The van der Waals surface area contributed by atoms with E-state index in [0.29, 0.717) is 18.7 Å². The number of amides is 1. The Balaban J connectivity index is 1.62. The summed E-state index contributed by atoms with van der Waals surface area (Å²) in [7, 11) is 3.48. The molecule has 0 saturated carbocycles. The highest BCUT2D eigenvalue weighted by Crippen LogP contribution is 2.29. The molecule has 0 atom stereocenters. The molecule has 4 aromatic rings. The lowest BCUT2D eigenvalue weighted by molar-refractivity contribution is 0.0951. The van der Waals surface area contributed by atoms with Gasteiger partial charge < -0.3 is 15.4 Å². The average Bonchev–Trinajstić information content (AvgIpc) is 3.10. The fourth-order valence-electron chi connectivity index (χ4n) is 3.57. The Morgan fingerprint density at radius 3 is 2.45 bits per heavy atom. The zero-order chi connectivity index (χ0) is 21.8. The zero-order valence-corrected chi connectivity index (χ0v) is 17.8. The summed E-state index contributed by atoms with van der Waals surface area (Å²) in [6.07, 6.45) is 1.61. The number of ether oxygens (including phenoxy) is 1. The summed E-state index contributed by atoms with van der Waals surface area (Å²) in [6.45, 7) is 2.93. The number of anilines is 1. The van der Waals surface area contributed by atoms with Crippen LogP contribution in [0, 0.1) is 6.92 Å². The number of pyridine rings is 1. The largest absolute Gasteiger partial charge is 0.497 e. The van der Waals surface area contributed by atoms with E-state index in [-0.39, 0.29) is 5.91 Å². The maximum atomic E-state index is 13.1. The standard InChI is InChI=1S/C24H25N5O2/c1-16-21-22(25-13-17-7-5-4-6-8-17)20(15-26-23(21)29(2)28-16)24(30)27-14-18-9-11-19(31-3)12-10-18/h4-12,15H,13-14H2,1-3H3,(H,25,26)(H,27,30). The first-order valence-corrected chi connectivity index (χ1v) is 10.1. The first kappa shape index (κ1) is 20.4. The lowest BCUT2D eigenvalue weighted by atomic mass is 10.1. The van der Waals surface area contributed by atoms with E-state index in [2.05, 4.69) is 20.7 Å². The monoisotopic (exact) mass is 415 g/mol. The number of aryl methyl sites for hydroxylation is 2. The van der Waals surface area contributed by atoms with Crippen LogP contribution in [0.4, 0.5) is 5.69 Å².